The molecule has 6 rings (SSSR count). The van der Waals surface area contributed by atoms with Crippen molar-refractivity contribution in [3.8, 4) is 17.0 Å². The lowest BCUT2D eigenvalue weighted by Gasteiger charge is -2.12. The van der Waals surface area contributed by atoms with Gasteiger partial charge in [0.05, 0.1) is 27.6 Å². The molecule has 0 saturated heterocycles. The summed E-state index contributed by atoms with van der Waals surface area (Å²) in [5.74, 6) is -0.251. The van der Waals surface area contributed by atoms with E-state index in [-0.39, 0.29) is 5.75 Å². The zero-order chi connectivity index (χ0) is 22.0. The minimum atomic E-state index is -4.72. The molecule has 4 nitrogen and oxygen atoms in total. The lowest BCUT2D eigenvalue weighted by atomic mass is 10.1. The fraction of sp³-hybridized carbons (Fsp3) is 0.0800. The minimum Gasteiger partial charge on any atom is -0.406 e. The third kappa shape index (κ3) is 2.74. The molecule has 0 fully saturated rings. The fourth-order valence-corrected chi connectivity index (χ4v) is 4.49. The molecule has 3 aromatic carbocycles. The van der Waals surface area contributed by atoms with Crippen molar-refractivity contribution in [2.24, 2.45) is 7.05 Å². The number of hydrogen-bond donors (Lipinski definition) is 0. The van der Waals surface area contributed by atoms with Crippen LogP contribution in [0.25, 0.3) is 49.7 Å². The number of para-hydroxylation sites is 3. The molecule has 0 spiro atoms. The molecule has 0 unspecified atom stereocenters. The van der Waals surface area contributed by atoms with Crippen molar-refractivity contribution in [3.05, 3.63) is 78.9 Å². The Morgan fingerprint density at radius 2 is 1.50 bits per heavy atom. The largest absolute Gasteiger partial charge is 0.573 e. The number of aryl methyl sites for hydroxylation is 1. The van der Waals surface area contributed by atoms with E-state index in [9.17, 15) is 13.2 Å². The van der Waals surface area contributed by atoms with E-state index >= 15 is 0 Å². The van der Waals surface area contributed by atoms with Crippen LogP contribution in [0.3, 0.4) is 0 Å². The van der Waals surface area contributed by atoms with Crippen molar-refractivity contribution in [2.45, 2.75) is 6.36 Å². The Kier molecular flexibility index (Phi) is 3.81. The predicted octanol–water partition coefficient (Wildman–Crippen LogP) is 6.70. The Labute approximate surface area is 180 Å². The van der Waals surface area contributed by atoms with Crippen LogP contribution in [0.15, 0.2) is 78.9 Å². The standard InChI is InChI=1S/C25H16F3N3O/c1-30-19-8-4-2-6-17(19)23-22(30)14-21(15-10-12-16(13-11-15)32-25(26,27)28)31-20-9-5-3-7-18(20)29-24(23)31/h2-14H,1H3. The summed E-state index contributed by atoms with van der Waals surface area (Å²) in [4.78, 5) is 4.94. The van der Waals surface area contributed by atoms with Gasteiger partial charge in [-0.15, -0.1) is 13.2 Å². The summed E-state index contributed by atoms with van der Waals surface area (Å²) in [6.45, 7) is 0. The first-order valence-corrected chi connectivity index (χ1v) is 10.0. The maximum absolute atomic E-state index is 12.6. The number of benzene rings is 3. The number of imidazole rings is 1. The van der Waals surface area contributed by atoms with Crippen LogP contribution in [0.1, 0.15) is 0 Å². The lowest BCUT2D eigenvalue weighted by molar-refractivity contribution is -0.274. The molecule has 0 aliphatic rings. The molecule has 32 heavy (non-hydrogen) atoms. The van der Waals surface area contributed by atoms with Crippen LogP contribution >= 0.6 is 0 Å². The summed E-state index contributed by atoms with van der Waals surface area (Å²) >= 11 is 0. The van der Waals surface area contributed by atoms with E-state index in [4.69, 9.17) is 4.98 Å². The minimum absolute atomic E-state index is 0.251. The number of nitrogens with zero attached hydrogens (tertiary/aromatic N) is 3. The second-order valence-corrected chi connectivity index (χ2v) is 7.70. The first-order chi connectivity index (χ1) is 15.4. The summed E-state index contributed by atoms with van der Waals surface area (Å²) in [5, 5.41) is 2.14. The van der Waals surface area contributed by atoms with Crippen LogP contribution in [-0.2, 0) is 7.05 Å². The van der Waals surface area contributed by atoms with Crippen LogP contribution in [0.5, 0.6) is 5.75 Å². The normalized spacial score (nSPS) is 12.4. The Morgan fingerprint density at radius 1 is 0.812 bits per heavy atom. The van der Waals surface area contributed by atoms with Crippen LogP contribution < -0.4 is 4.74 Å². The lowest BCUT2D eigenvalue weighted by Crippen LogP contribution is -2.16. The fourth-order valence-electron chi connectivity index (χ4n) is 4.49. The topological polar surface area (TPSA) is 31.5 Å². The van der Waals surface area contributed by atoms with Gasteiger partial charge in [0.1, 0.15) is 11.4 Å². The number of pyridine rings is 1. The van der Waals surface area contributed by atoms with Crippen molar-refractivity contribution < 1.29 is 17.9 Å². The molecule has 0 aliphatic carbocycles. The SMILES string of the molecule is Cn1c2ccccc2c2c1cc(-c1ccc(OC(F)(F)F)cc1)n1c3ccccc3nc21. The molecule has 0 N–H and O–H groups in total. The average molecular weight is 431 g/mol. The smallest absolute Gasteiger partial charge is 0.406 e. The van der Waals surface area contributed by atoms with Gasteiger partial charge in [-0.25, -0.2) is 4.98 Å². The predicted molar refractivity (Wildman–Crippen MR) is 119 cm³/mol. The summed E-state index contributed by atoms with van der Waals surface area (Å²) in [7, 11) is 2.01. The second-order valence-electron chi connectivity index (χ2n) is 7.70. The molecule has 0 saturated carbocycles. The number of halogens is 3. The van der Waals surface area contributed by atoms with E-state index in [2.05, 4.69) is 31.9 Å². The highest BCUT2D eigenvalue weighted by Crippen LogP contribution is 2.37. The van der Waals surface area contributed by atoms with Gasteiger partial charge >= 0.3 is 6.36 Å². The third-order valence-electron chi connectivity index (χ3n) is 5.83. The number of alkyl halides is 3. The molecule has 7 heteroatoms. The van der Waals surface area contributed by atoms with Crippen molar-refractivity contribution in [1.82, 2.24) is 14.0 Å². The van der Waals surface area contributed by atoms with Crippen LogP contribution in [0.4, 0.5) is 13.2 Å². The first kappa shape index (κ1) is 18.7. The van der Waals surface area contributed by atoms with Crippen LogP contribution in [-0.4, -0.2) is 20.3 Å². The molecule has 3 heterocycles. The highest BCUT2D eigenvalue weighted by atomic mass is 19.4. The molecule has 158 valence electrons. The van der Waals surface area contributed by atoms with Crippen LogP contribution in [0, 0.1) is 0 Å². The summed E-state index contributed by atoms with van der Waals surface area (Å²) in [6.07, 6.45) is -4.72. The maximum Gasteiger partial charge on any atom is 0.573 e. The third-order valence-corrected chi connectivity index (χ3v) is 5.83. The van der Waals surface area contributed by atoms with Gasteiger partial charge in [0, 0.05) is 18.0 Å². The van der Waals surface area contributed by atoms with Gasteiger partial charge in [0.15, 0.2) is 0 Å². The van der Waals surface area contributed by atoms with E-state index in [1.807, 2.05) is 43.4 Å². The van der Waals surface area contributed by atoms with Crippen molar-refractivity contribution >= 4 is 38.5 Å². The van der Waals surface area contributed by atoms with Gasteiger partial charge in [0.25, 0.3) is 0 Å². The second kappa shape index (κ2) is 6.50. The Balaban J connectivity index is 1.71. The van der Waals surface area contributed by atoms with Gasteiger partial charge in [-0.05, 0) is 54.1 Å². The zero-order valence-electron chi connectivity index (χ0n) is 16.9. The van der Waals surface area contributed by atoms with Crippen LogP contribution in [0.2, 0.25) is 0 Å². The quantitative estimate of drug-likeness (QED) is 0.306. The van der Waals surface area contributed by atoms with E-state index in [1.165, 1.54) is 12.1 Å². The molecule has 0 aliphatic heterocycles. The van der Waals surface area contributed by atoms with Gasteiger partial charge in [-0.3, -0.25) is 4.40 Å². The number of hydrogen-bond acceptors (Lipinski definition) is 2. The van der Waals surface area contributed by atoms with Gasteiger partial charge in [-0.2, -0.15) is 0 Å². The van der Waals surface area contributed by atoms with E-state index < -0.39 is 6.36 Å². The molecule has 0 radical (unpaired) electrons. The Hall–Kier alpha value is -4.00. The van der Waals surface area contributed by atoms with E-state index in [0.29, 0.717) is 0 Å². The highest BCUT2D eigenvalue weighted by Gasteiger charge is 2.31. The van der Waals surface area contributed by atoms with Gasteiger partial charge in [-0.1, -0.05) is 30.3 Å². The molecule has 0 bridgehead atoms. The van der Waals surface area contributed by atoms with Crippen molar-refractivity contribution in [1.29, 1.82) is 0 Å². The van der Waals surface area contributed by atoms with E-state index in [1.54, 1.807) is 12.1 Å². The average Bonchev–Trinajstić information content (AvgIpc) is 3.29. The van der Waals surface area contributed by atoms with Crippen molar-refractivity contribution in [3.63, 3.8) is 0 Å². The molecule has 3 aromatic heterocycles. The van der Waals surface area contributed by atoms with E-state index in [0.717, 1.165) is 49.7 Å². The number of aromatic nitrogens is 3. The maximum atomic E-state index is 12.6. The molecule has 0 amide bonds. The molecule has 6 aromatic rings. The Bertz CT molecular complexity index is 1640. The molecular weight excluding hydrogens is 415 g/mol. The van der Waals surface area contributed by atoms with Crippen molar-refractivity contribution in [2.75, 3.05) is 0 Å². The monoisotopic (exact) mass is 431 g/mol. The number of ether oxygens (including phenoxy) is 1. The highest BCUT2D eigenvalue weighted by molar-refractivity contribution is 6.16. The molecule has 0 atom stereocenters. The summed E-state index contributed by atoms with van der Waals surface area (Å²) in [6, 6.07) is 24.0. The zero-order valence-corrected chi connectivity index (χ0v) is 16.9. The van der Waals surface area contributed by atoms with Gasteiger partial charge in [0.2, 0.25) is 0 Å². The number of fused-ring (bicyclic) bond motifs is 7. The number of rotatable bonds is 2. The van der Waals surface area contributed by atoms with Gasteiger partial charge < -0.3 is 9.30 Å². The Morgan fingerprint density at radius 3 is 2.25 bits per heavy atom. The summed E-state index contributed by atoms with van der Waals surface area (Å²) in [5.41, 5.74) is 6.29. The first-order valence-electron chi connectivity index (χ1n) is 10.0. The summed E-state index contributed by atoms with van der Waals surface area (Å²) < 4.78 is 46.0. The molecular formula is C25H16F3N3O.